The van der Waals surface area contributed by atoms with Gasteiger partial charge in [-0.3, -0.25) is 0 Å². The maximum absolute atomic E-state index is 5.28. The van der Waals surface area contributed by atoms with Gasteiger partial charge < -0.3 is 10.1 Å². The Morgan fingerprint density at radius 3 is 2.71 bits per heavy atom. The molecule has 1 aromatic rings. The fourth-order valence-corrected chi connectivity index (χ4v) is 1.45. The van der Waals surface area contributed by atoms with Gasteiger partial charge in [0.1, 0.15) is 5.75 Å². The summed E-state index contributed by atoms with van der Waals surface area (Å²) in [6.07, 6.45) is 1.03. The number of likely N-dealkylation sites (N-methyl/N-ethyl adjacent to an activating group) is 1. The van der Waals surface area contributed by atoms with E-state index in [2.05, 4.69) is 37.4 Å². The fourth-order valence-electron chi connectivity index (χ4n) is 1.45. The standard InChI is InChI=1S/C12H19NO/c1-9-5-6-11(7-10(2)13-3)8-12(9)14-4/h5-6,8,10,13H,7H2,1-4H3. The molecule has 0 saturated heterocycles. The van der Waals surface area contributed by atoms with E-state index in [1.807, 2.05) is 7.05 Å². The molecule has 0 heterocycles. The minimum atomic E-state index is 0.502. The minimum absolute atomic E-state index is 0.502. The summed E-state index contributed by atoms with van der Waals surface area (Å²) in [6.45, 7) is 4.23. The summed E-state index contributed by atoms with van der Waals surface area (Å²) in [5, 5.41) is 3.22. The average molecular weight is 193 g/mol. The molecule has 14 heavy (non-hydrogen) atoms. The van der Waals surface area contributed by atoms with Crippen molar-refractivity contribution in [3.63, 3.8) is 0 Å². The second-order valence-corrected chi connectivity index (χ2v) is 3.70. The lowest BCUT2D eigenvalue weighted by Crippen LogP contribution is -2.23. The molecule has 0 fully saturated rings. The third-order valence-corrected chi connectivity index (χ3v) is 2.51. The van der Waals surface area contributed by atoms with Gasteiger partial charge in [0.2, 0.25) is 0 Å². The molecule has 0 aliphatic carbocycles. The second-order valence-electron chi connectivity index (χ2n) is 3.70. The number of ether oxygens (including phenoxy) is 1. The van der Waals surface area contributed by atoms with Crippen LogP contribution in [0.15, 0.2) is 18.2 Å². The summed E-state index contributed by atoms with van der Waals surface area (Å²) >= 11 is 0. The Morgan fingerprint density at radius 2 is 2.14 bits per heavy atom. The topological polar surface area (TPSA) is 21.3 Å². The Hall–Kier alpha value is -1.02. The van der Waals surface area contributed by atoms with Crippen LogP contribution in [0.5, 0.6) is 5.75 Å². The highest BCUT2D eigenvalue weighted by Gasteiger charge is 2.03. The van der Waals surface area contributed by atoms with Crippen LogP contribution in [0.4, 0.5) is 0 Å². The van der Waals surface area contributed by atoms with Gasteiger partial charge in [0.25, 0.3) is 0 Å². The SMILES string of the molecule is CNC(C)Cc1ccc(C)c(OC)c1. The highest BCUT2D eigenvalue weighted by atomic mass is 16.5. The van der Waals surface area contributed by atoms with Gasteiger partial charge in [0.15, 0.2) is 0 Å². The van der Waals surface area contributed by atoms with Gasteiger partial charge in [-0.25, -0.2) is 0 Å². The molecule has 2 heteroatoms. The summed E-state index contributed by atoms with van der Waals surface area (Å²) in [5.41, 5.74) is 2.50. The molecule has 0 saturated carbocycles. The molecule has 0 amide bonds. The normalized spacial score (nSPS) is 12.6. The van der Waals surface area contributed by atoms with Crippen LogP contribution in [-0.2, 0) is 6.42 Å². The summed E-state index contributed by atoms with van der Waals surface area (Å²) in [5.74, 6) is 0.978. The zero-order chi connectivity index (χ0) is 10.6. The number of benzene rings is 1. The molecule has 0 aliphatic rings. The molecule has 1 N–H and O–H groups in total. The molecule has 0 bridgehead atoms. The van der Waals surface area contributed by atoms with Crippen LogP contribution in [0.1, 0.15) is 18.1 Å². The number of aryl methyl sites for hydroxylation is 1. The first-order valence-electron chi connectivity index (χ1n) is 4.98. The van der Waals surface area contributed by atoms with Crippen LogP contribution < -0.4 is 10.1 Å². The van der Waals surface area contributed by atoms with Crippen molar-refractivity contribution in [2.45, 2.75) is 26.3 Å². The van der Waals surface area contributed by atoms with Crippen molar-refractivity contribution < 1.29 is 4.74 Å². The summed E-state index contributed by atoms with van der Waals surface area (Å²) in [7, 11) is 3.70. The molecule has 1 atom stereocenters. The van der Waals surface area contributed by atoms with Gasteiger partial charge in [0.05, 0.1) is 7.11 Å². The van der Waals surface area contributed by atoms with Crippen molar-refractivity contribution in [3.8, 4) is 5.75 Å². The van der Waals surface area contributed by atoms with E-state index >= 15 is 0 Å². The highest BCUT2D eigenvalue weighted by Crippen LogP contribution is 2.19. The van der Waals surface area contributed by atoms with E-state index < -0.39 is 0 Å². The number of methoxy groups -OCH3 is 1. The van der Waals surface area contributed by atoms with Crippen molar-refractivity contribution in [1.29, 1.82) is 0 Å². The van der Waals surface area contributed by atoms with Gasteiger partial charge >= 0.3 is 0 Å². The lowest BCUT2D eigenvalue weighted by molar-refractivity contribution is 0.411. The number of rotatable bonds is 4. The molecular formula is C12H19NO. The molecule has 0 spiro atoms. The van der Waals surface area contributed by atoms with Gasteiger partial charge in [-0.1, -0.05) is 12.1 Å². The molecule has 0 aromatic heterocycles. The Kier molecular flexibility index (Phi) is 3.96. The van der Waals surface area contributed by atoms with Gasteiger partial charge in [0, 0.05) is 6.04 Å². The van der Waals surface area contributed by atoms with Crippen LogP contribution in [0.2, 0.25) is 0 Å². The van der Waals surface area contributed by atoms with Crippen LogP contribution in [0.25, 0.3) is 0 Å². The van der Waals surface area contributed by atoms with Crippen molar-refractivity contribution in [1.82, 2.24) is 5.32 Å². The van der Waals surface area contributed by atoms with E-state index in [4.69, 9.17) is 4.74 Å². The van der Waals surface area contributed by atoms with Crippen molar-refractivity contribution in [2.24, 2.45) is 0 Å². The molecule has 0 aliphatic heterocycles. The van der Waals surface area contributed by atoms with E-state index in [-0.39, 0.29) is 0 Å². The zero-order valence-electron chi connectivity index (χ0n) is 9.42. The molecule has 1 unspecified atom stereocenters. The Morgan fingerprint density at radius 1 is 1.43 bits per heavy atom. The summed E-state index contributed by atoms with van der Waals surface area (Å²) in [6, 6.07) is 6.88. The van der Waals surface area contributed by atoms with Crippen LogP contribution in [0, 0.1) is 6.92 Å². The van der Waals surface area contributed by atoms with Crippen LogP contribution in [0.3, 0.4) is 0 Å². The monoisotopic (exact) mass is 193 g/mol. The fraction of sp³-hybridized carbons (Fsp3) is 0.500. The quantitative estimate of drug-likeness (QED) is 0.791. The Labute approximate surface area is 86.3 Å². The zero-order valence-corrected chi connectivity index (χ0v) is 9.42. The predicted octanol–water partition coefficient (Wildman–Crippen LogP) is 2.15. The number of nitrogens with one attached hydrogen (secondary N) is 1. The molecular weight excluding hydrogens is 174 g/mol. The van der Waals surface area contributed by atoms with E-state index in [1.165, 1.54) is 11.1 Å². The van der Waals surface area contributed by atoms with Gasteiger partial charge in [-0.15, -0.1) is 0 Å². The first-order valence-corrected chi connectivity index (χ1v) is 4.98. The van der Waals surface area contributed by atoms with E-state index in [9.17, 15) is 0 Å². The van der Waals surface area contributed by atoms with E-state index in [0.29, 0.717) is 6.04 Å². The third kappa shape index (κ3) is 2.74. The van der Waals surface area contributed by atoms with Crippen LogP contribution in [-0.4, -0.2) is 20.2 Å². The summed E-state index contributed by atoms with van der Waals surface area (Å²) in [4.78, 5) is 0. The lowest BCUT2D eigenvalue weighted by Gasteiger charge is -2.12. The number of hydrogen-bond donors (Lipinski definition) is 1. The van der Waals surface area contributed by atoms with Crippen molar-refractivity contribution >= 4 is 0 Å². The molecule has 1 aromatic carbocycles. The Balaban J connectivity index is 2.79. The van der Waals surface area contributed by atoms with Crippen LogP contribution >= 0.6 is 0 Å². The molecule has 78 valence electrons. The molecule has 2 nitrogen and oxygen atoms in total. The van der Waals surface area contributed by atoms with Gasteiger partial charge in [-0.2, -0.15) is 0 Å². The molecule has 0 radical (unpaired) electrons. The first kappa shape index (κ1) is 11.1. The third-order valence-electron chi connectivity index (χ3n) is 2.51. The van der Waals surface area contributed by atoms with Gasteiger partial charge in [-0.05, 0) is 44.5 Å². The highest BCUT2D eigenvalue weighted by molar-refractivity contribution is 5.36. The average Bonchev–Trinajstić information content (AvgIpc) is 2.20. The smallest absolute Gasteiger partial charge is 0.122 e. The maximum atomic E-state index is 5.28. The minimum Gasteiger partial charge on any atom is -0.496 e. The largest absolute Gasteiger partial charge is 0.496 e. The summed E-state index contributed by atoms with van der Waals surface area (Å²) < 4.78 is 5.28. The lowest BCUT2D eigenvalue weighted by atomic mass is 10.0. The maximum Gasteiger partial charge on any atom is 0.122 e. The predicted molar refractivity (Wildman–Crippen MR) is 60.0 cm³/mol. The van der Waals surface area contributed by atoms with Crippen molar-refractivity contribution in [2.75, 3.05) is 14.2 Å². The van der Waals surface area contributed by atoms with E-state index in [1.54, 1.807) is 7.11 Å². The second kappa shape index (κ2) is 5.01. The molecule has 1 rings (SSSR count). The first-order chi connectivity index (χ1) is 6.67. The van der Waals surface area contributed by atoms with Crippen molar-refractivity contribution in [3.05, 3.63) is 29.3 Å². The number of hydrogen-bond acceptors (Lipinski definition) is 2. The van der Waals surface area contributed by atoms with E-state index in [0.717, 1.165) is 12.2 Å². The Bertz CT molecular complexity index is 296.